The molecule has 0 heterocycles. The predicted molar refractivity (Wildman–Crippen MR) is 49.9 cm³/mol. The van der Waals surface area contributed by atoms with Crippen LogP contribution in [0.2, 0.25) is 0 Å². The molecule has 12 heavy (non-hydrogen) atoms. The van der Waals surface area contributed by atoms with Gasteiger partial charge in [-0.25, -0.2) is 0 Å². The van der Waals surface area contributed by atoms with Gasteiger partial charge >= 0.3 is 0 Å². The zero-order chi connectivity index (χ0) is 8.97. The van der Waals surface area contributed by atoms with Crippen LogP contribution in [-0.2, 0) is 0 Å². The summed E-state index contributed by atoms with van der Waals surface area (Å²) in [5.41, 5.74) is 1.15. The average Bonchev–Trinajstić information content (AvgIpc) is 2.17. The number of benzene rings is 1. The largest absolute Gasteiger partial charge is 0.378 e. The van der Waals surface area contributed by atoms with Crippen molar-refractivity contribution in [2.24, 2.45) is 0 Å². The molecule has 0 unspecified atom stereocenters. The Bertz CT molecular complexity index is 223. The molecule has 0 fully saturated rings. The highest BCUT2D eigenvalue weighted by Crippen LogP contribution is 2.16. The number of rotatable bonds is 3. The van der Waals surface area contributed by atoms with E-state index in [4.69, 9.17) is 0 Å². The standard InChI is InChI=1S/C10H15NO/c1-8(10(12)11-2)9-6-4-3-5-7-9/h3-8,10-12H,1-2H3/t8-,10-/m0/s1. The molecule has 0 bridgehead atoms. The van der Waals surface area contributed by atoms with Gasteiger partial charge < -0.3 is 5.11 Å². The summed E-state index contributed by atoms with van der Waals surface area (Å²) in [6, 6.07) is 9.97. The van der Waals surface area contributed by atoms with Crippen molar-refractivity contribution in [3.8, 4) is 0 Å². The molecule has 0 saturated carbocycles. The quantitative estimate of drug-likeness (QED) is 0.662. The Morgan fingerprint density at radius 1 is 1.25 bits per heavy atom. The molecule has 2 heteroatoms. The average molecular weight is 165 g/mol. The Balaban J connectivity index is 2.71. The summed E-state index contributed by atoms with van der Waals surface area (Å²) in [6.45, 7) is 2.00. The minimum Gasteiger partial charge on any atom is -0.378 e. The molecular formula is C10H15NO. The van der Waals surface area contributed by atoms with Crippen LogP contribution in [0, 0.1) is 0 Å². The third-order valence-electron chi connectivity index (χ3n) is 2.09. The van der Waals surface area contributed by atoms with Crippen molar-refractivity contribution in [1.82, 2.24) is 5.32 Å². The van der Waals surface area contributed by atoms with Gasteiger partial charge in [-0.05, 0) is 12.6 Å². The Morgan fingerprint density at radius 3 is 2.33 bits per heavy atom. The zero-order valence-electron chi connectivity index (χ0n) is 7.49. The summed E-state index contributed by atoms with van der Waals surface area (Å²) in [4.78, 5) is 0. The summed E-state index contributed by atoms with van der Waals surface area (Å²) < 4.78 is 0. The maximum atomic E-state index is 9.47. The summed E-state index contributed by atoms with van der Waals surface area (Å²) in [5.74, 6) is 0.135. The fourth-order valence-corrected chi connectivity index (χ4v) is 1.19. The van der Waals surface area contributed by atoms with Crippen molar-refractivity contribution in [1.29, 1.82) is 0 Å². The van der Waals surface area contributed by atoms with Crippen LogP contribution < -0.4 is 5.32 Å². The van der Waals surface area contributed by atoms with E-state index in [0.717, 1.165) is 5.56 Å². The first-order chi connectivity index (χ1) is 5.75. The molecule has 1 rings (SSSR count). The number of nitrogens with one attached hydrogen (secondary N) is 1. The lowest BCUT2D eigenvalue weighted by Crippen LogP contribution is -2.29. The summed E-state index contributed by atoms with van der Waals surface area (Å²) in [5, 5.41) is 12.3. The third kappa shape index (κ3) is 2.06. The van der Waals surface area contributed by atoms with E-state index in [0.29, 0.717) is 0 Å². The highest BCUT2D eigenvalue weighted by atomic mass is 16.3. The summed E-state index contributed by atoms with van der Waals surface area (Å²) in [6.07, 6.45) is -0.465. The highest BCUT2D eigenvalue weighted by molar-refractivity contribution is 5.19. The molecule has 1 aromatic carbocycles. The van der Waals surface area contributed by atoms with Crippen LogP contribution in [0.1, 0.15) is 18.4 Å². The van der Waals surface area contributed by atoms with Crippen LogP contribution in [0.4, 0.5) is 0 Å². The van der Waals surface area contributed by atoms with E-state index in [-0.39, 0.29) is 5.92 Å². The smallest absolute Gasteiger partial charge is 0.111 e. The van der Waals surface area contributed by atoms with Gasteiger partial charge in [0.2, 0.25) is 0 Å². The fraction of sp³-hybridized carbons (Fsp3) is 0.400. The summed E-state index contributed by atoms with van der Waals surface area (Å²) >= 11 is 0. The van der Waals surface area contributed by atoms with Crippen molar-refractivity contribution in [3.63, 3.8) is 0 Å². The van der Waals surface area contributed by atoms with Crippen molar-refractivity contribution >= 4 is 0 Å². The first kappa shape index (κ1) is 9.23. The van der Waals surface area contributed by atoms with Crippen LogP contribution in [0.25, 0.3) is 0 Å². The number of hydrogen-bond donors (Lipinski definition) is 2. The highest BCUT2D eigenvalue weighted by Gasteiger charge is 2.12. The number of aliphatic hydroxyl groups is 1. The molecule has 0 spiro atoms. The number of likely N-dealkylation sites (N-methyl/N-ethyl adjacent to an activating group) is 1. The Labute approximate surface area is 73.2 Å². The normalized spacial score (nSPS) is 15.6. The molecule has 2 N–H and O–H groups in total. The molecule has 0 saturated heterocycles. The van der Waals surface area contributed by atoms with Gasteiger partial charge in [-0.1, -0.05) is 37.3 Å². The van der Waals surface area contributed by atoms with Gasteiger partial charge in [0.05, 0.1) is 0 Å². The van der Waals surface area contributed by atoms with Gasteiger partial charge in [0.25, 0.3) is 0 Å². The number of aliphatic hydroxyl groups excluding tert-OH is 1. The van der Waals surface area contributed by atoms with Crippen molar-refractivity contribution in [3.05, 3.63) is 35.9 Å². The fourth-order valence-electron chi connectivity index (χ4n) is 1.19. The Kier molecular flexibility index (Phi) is 3.26. The molecule has 0 aromatic heterocycles. The topological polar surface area (TPSA) is 32.3 Å². The van der Waals surface area contributed by atoms with Crippen LogP contribution in [-0.4, -0.2) is 18.4 Å². The van der Waals surface area contributed by atoms with Gasteiger partial charge in [0, 0.05) is 5.92 Å². The first-order valence-electron chi connectivity index (χ1n) is 4.16. The minimum absolute atomic E-state index is 0.135. The van der Waals surface area contributed by atoms with E-state index in [1.807, 2.05) is 37.3 Å². The van der Waals surface area contributed by atoms with E-state index >= 15 is 0 Å². The third-order valence-corrected chi connectivity index (χ3v) is 2.09. The lowest BCUT2D eigenvalue weighted by molar-refractivity contribution is 0.122. The van der Waals surface area contributed by atoms with Crippen LogP contribution >= 0.6 is 0 Å². The SMILES string of the molecule is CN[C@@H](O)[C@@H](C)c1ccccc1. The van der Waals surface area contributed by atoms with E-state index in [1.165, 1.54) is 0 Å². The van der Waals surface area contributed by atoms with E-state index in [1.54, 1.807) is 7.05 Å². The molecule has 0 aliphatic rings. The second-order valence-electron chi connectivity index (χ2n) is 2.93. The lowest BCUT2D eigenvalue weighted by Gasteiger charge is -2.17. The van der Waals surface area contributed by atoms with Crippen LogP contribution in [0.15, 0.2) is 30.3 Å². The van der Waals surface area contributed by atoms with Crippen molar-refractivity contribution in [2.75, 3.05) is 7.05 Å². The van der Waals surface area contributed by atoms with Gasteiger partial charge in [-0.2, -0.15) is 0 Å². The van der Waals surface area contributed by atoms with Crippen molar-refractivity contribution in [2.45, 2.75) is 19.1 Å². The molecule has 66 valence electrons. The summed E-state index contributed by atoms with van der Waals surface area (Å²) in [7, 11) is 1.75. The van der Waals surface area contributed by atoms with Gasteiger partial charge in [-0.3, -0.25) is 5.32 Å². The first-order valence-corrected chi connectivity index (χ1v) is 4.16. The van der Waals surface area contributed by atoms with E-state index in [2.05, 4.69) is 5.32 Å². The van der Waals surface area contributed by atoms with Crippen LogP contribution in [0.3, 0.4) is 0 Å². The second-order valence-corrected chi connectivity index (χ2v) is 2.93. The maximum absolute atomic E-state index is 9.47. The second kappa shape index (κ2) is 4.24. The van der Waals surface area contributed by atoms with E-state index < -0.39 is 6.23 Å². The Hall–Kier alpha value is -0.860. The van der Waals surface area contributed by atoms with Crippen molar-refractivity contribution < 1.29 is 5.11 Å². The molecule has 1 aromatic rings. The molecule has 0 aliphatic carbocycles. The monoisotopic (exact) mass is 165 g/mol. The van der Waals surface area contributed by atoms with Gasteiger partial charge in [0.15, 0.2) is 0 Å². The van der Waals surface area contributed by atoms with Gasteiger partial charge in [-0.15, -0.1) is 0 Å². The predicted octanol–water partition coefficient (Wildman–Crippen LogP) is 1.33. The lowest BCUT2D eigenvalue weighted by atomic mass is 10.00. The minimum atomic E-state index is -0.465. The molecule has 0 aliphatic heterocycles. The zero-order valence-corrected chi connectivity index (χ0v) is 7.49. The van der Waals surface area contributed by atoms with Gasteiger partial charge in [0.1, 0.15) is 6.23 Å². The molecule has 2 nitrogen and oxygen atoms in total. The maximum Gasteiger partial charge on any atom is 0.111 e. The van der Waals surface area contributed by atoms with Crippen LogP contribution in [0.5, 0.6) is 0 Å². The molecule has 0 amide bonds. The number of hydrogen-bond acceptors (Lipinski definition) is 2. The van der Waals surface area contributed by atoms with E-state index in [9.17, 15) is 5.11 Å². The Morgan fingerprint density at radius 2 is 1.83 bits per heavy atom. The molecule has 0 radical (unpaired) electrons. The molecule has 2 atom stereocenters. The molecular weight excluding hydrogens is 150 g/mol.